The summed E-state index contributed by atoms with van der Waals surface area (Å²) in [5.74, 6) is 0.188. The lowest BCUT2D eigenvalue weighted by atomic mass is 10.2. The maximum atomic E-state index is 12.5. The monoisotopic (exact) mass is 323 g/mol. The number of fused-ring (bicyclic) bond motifs is 1. The second-order valence-electron chi connectivity index (χ2n) is 4.68. The summed E-state index contributed by atoms with van der Waals surface area (Å²) in [6.07, 6.45) is 0. The van der Waals surface area contributed by atoms with Crippen molar-refractivity contribution in [3.05, 3.63) is 45.1 Å². The van der Waals surface area contributed by atoms with Gasteiger partial charge < -0.3 is 16.4 Å². The second-order valence-corrected chi connectivity index (χ2v) is 5.52. The van der Waals surface area contributed by atoms with E-state index in [1.54, 1.807) is 17.0 Å². The van der Waals surface area contributed by atoms with Crippen LogP contribution >= 0.6 is 23.2 Å². The molecule has 0 radical (unpaired) electrons. The summed E-state index contributed by atoms with van der Waals surface area (Å²) >= 11 is 11.9. The summed E-state index contributed by atoms with van der Waals surface area (Å²) in [6.45, 7) is 0.656. The number of nitrogen functional groups attached to an aromatic ring is 2. The lowest BCUT2D eigenvalue weighted by Gasteiger charge is -2.16. The van der Waals surface area contributed by atoms with Crippen molar-refractivity contribution in [2.45, 2.75) is 13.1 Å². The Balaban J connectivity index is 1.90. The predicted molar refractivity (Wildman–Crippen MR) is 80.9 cm³/mol. The van der Waals surface area contributed by atoms with Gasteiger partial charge in [0.1, 0.15) is 5.82 Å². The number of rotatable bonds is 1. The van der Waals surface area contributed by atoms with Crippen LogP contribution in [0.4, 0.5) is 11.8 Å². The van der Waals surface area contributed by atoms with Gasteiger partial charge in [-0.05, 0) is 18.2 Å². The van der Waals surface area contributed by atoms with Crippen LogP contribution in [-0.2, 0) is 13.1 Å². The van der Waals surface area contributed by atoms with Crippen LogP contribution in [0.25, 0.3) is 0 Å². The highest BCUT2D eigenvalue weighted by Crippen LogP contribution is 2.29. The topological polar surface area (TPSA) is 98.1 Å². The van der Waals surface area contributed by atoms with Crippen LogP contribution in [0.3, 0.4) is 0 Å². The molecule has 8 heteroatoms. The summed E-state index contributed by atoms with van der Waals surface area (Å²) in [6, 6.07) is 4.75. The molecule has 2 heterocycles. The molecule has 6 nitrogen and oxygen atoms in total. The Hall–Kier alpha value is -2.05. The Morgan fingerprint density at radius 2 is 1.95 bits per heavy atom. The standard InChI is InChI=1S/C13H11Cl2N5O/c14-6-1-2-7(9(15)3-6)12(21)20-4-8-10(5-20)18-13(17)19-11(8)16/h1-3H,4-5H2,(H4,16,17,18,19). The number of aromatic nitrogens is 2. The first-order valence-electron chi connectivity index (χ1n) is 6.11. The number of amides is 1. The lowest BCUT2D eigenvalue weighted by Crippen LogP contribution is -2.25. The molecule has 3 rings (SSSR count). The van der Waals surface area contributed by atoms with Crippen LogP contribution in [0, 0.1) is 0 Å². The van der Waals surface area contributed by atoms with Gasteiger partial charge in [-0.1, -0.05) is 23.2 Å². The van der Waals surface area contributed by atoms with Crippen molar-refractivity contribution in [1.82, 2.24) is 14.9 Å². The average Bonchev–Trinajstić information content (AvgIpc) is 2.82. The second kappa shape index (κ2) is 5.05. The minimum atomic E-state index is -0.215. The Kier molecular flexibility index (Phi) is 3.35. The third kappa shape index (κ3) is 2.48. The number of hydrogen-bond acceptors (Lipinski definition) is 5. The van der Waals surface area contributed by atoms with E-state index < -0.39 is 0 Å². The summed E-state index contributed by atoms with van der Waals surface area (Å²) in [4.78, 5) is 22.1. The minimum Gasteiger partial charge on any atom is -0.383 e. The van der Waals surface area contributed by atoms with Crippen molar-refractivity contribution in [1.29, 1.82) is 0 Å². The number of nitrogens with zero attached hydrogens (tertiary/aromatic N) is 3. The molecule has 1 aromatic heterocycles. The van der Waals surface area contributed by atoms with Crippen LogP contribution in [0.1, 0.15) is 21.6 Å². The van der Waals surface area contributed by atoms with Crippen molar-refractivity contribution >= 4 is 40.9 Å². The number of hydrogen-bond donors (Lipinski definition) is 2. The number of anilines is 2. The van der Waals surface area contributed by atoms with Gasteiger partial charge in [0, 0.05) is 10.6 Å². The van der Waals surface area contributed by atoms with Crippen LogP contribution < -0.4 is 11.5 Å². The van der Waals surface area contributed by atoms with Crippen LogP contribution in [0.15, 0.2) is 18.2 Å². The molecule has 0 bridgehead atoms. The Morgan fingerprint density at radius 3 is 2.67 bits per heavy atom. The van der Waals surface area contributed by atoms with Gasteiger partial charge in [0.05, 0.1) is 29.4 Å². The van der Waals surface area contributed by atoms with Gasteiger partial charge >= 0.3 is 0 Å². The van der Waals surface area contributed by atoms with E-state index >= 15 is 0 Å². The molecule has 21 heavy (non-hydrogen) atoms. The highest BCUT2D eigenvalue weighted by molar-refractivity contribution is 6.36. The lowest BCUT2D eigenvalue weighted by molar-refractivity contribution is 0.0751. The molecular weight excluding hydrogens is 313 g/mol. The maximum absolute atomic E-state index is 12.5. The third-order valence-corrected chi connectivity index (χ3v) is 3.83. The number of benzene rings is 1. The van der Waals surface area contributed by atoms with E-state index in [9.17, 15) is 4.79 Å². The molecule has 0 atom stereocenters. The fraction of sp³-hybridized carbons (Fsp3) is 0.154. The smallest absolute Gasteiger partial charge is 0.256 e. The van der Waals surface area contributed by atoms with E-state index in [2.05, 4.69) is 9.97 Å². The zero-order valence-corrected chi connectivity index (χ0v) is 12.3. The molecule has 0 unspecified atom stereocenters. The van der Waals surface area contributed by atoms with Crippen molar-refractivity contribution in [3.63, 3.8) is 0 Å². The van der Waals surface area contributed by atoms with Gasteiger partial charge in [-0.15, -0.1) is 0 Å². The number of carbonyl (C=O) groups is 1. The number of halogens is 2. The van der Waals surface area contributed by atoms with Gasteiger partial charge in [0.25, 0.3) is 5.91 Å². The van der Waals surface area contributed by atoms with Crippen LogP contribution in [0.2, 0.25) is 10.0 Å². The van der Waals surface area contributed by atoms with Crippen molar-refractivity contribution in [2.75, 3.05) is 11.5 Å². The average molecular weight is 324 g/mol. The number of nitrogens with two attached hydrogens (primary N) is 2. The van der Waals surface area contributed by atoms with E-state index in [4.69, 9.17) is 34.7 Å². The third-order valence-electron chi connectivity index (χ3n) is 3.28. The molecule has 1 aromatic carbocycles. The number of carbonyl (C=O) groups excluding carboxylic acids is 1. The van der Waals surface area contributed by atoms with Gasteiger partial charge in [0.2, 0.25) is 5.95 Å². The zero-order chi connectivity index (χ0) is 15.1. The van der Waals surface area contributed by atoms with E-state index in [0.717, 1.165) is 5.56 Å². The van der Waals surface area contributed by atoms with Crippen molar-refractivity contribution < 1.29 is 4.79 Å². The molecule has 0 spiro atoms. The normalized spacial score (nSPS) is 13.3. The molecule has 1 aliphatic heterocycles. The molecule has 0 aliphatic carbocycles. The first-order valence-corrected chi connectivity index (χ1v) is 6.86. The van der Waals surface area contributed by atoms with Crippen LogP contribution in [0.5, 0.6) is 0 Å². The molecule has 1 aliphatic rings. The fourth-order valence-electron chi connectivity index (χ4n) is 2.28. The summed E-state index contributed by atoms with van der Waals surface area (Å²) in [5, 5.41) is 0.783. The zero-order valence-electron chi connectivity index (χ0n) is 10.8. The van der Waals surface area contributed by atoms with Crippen molar-refractivity contribution in [2.24, 2.45) is 0 Å². The van der Waals surface area contributed by atoms with E-state index in [1.165, 1.54) is 6.07 Å². The van der Waals surface area contributed by atoms with E-state index in [-0.39, 0.29) is 11.9 Å². The Labute approximate surface area is 130 Å². The molecule has 108 valence electrons. The van der Waals surface area contributed by atoms with Crippen molar-refractivity contribution in [3.8, 4) is 0 Å². The quantitative estimate of drug-likeness (QED) is 0.837. The van der Waals surface area contributed by atoms with E-state index in [1.807, 2.05) is 0 Å². The minimum absolute atomic E-state index is 0.102. The molecule has 0 fully saturated rings. The summed E-state index contributed by atoms with van der Waals surface area (Å²) in [5.41, 5.74) is 13.1. The first kappa shape index (κ1) is 13.9. The molecule has 0 saturated carbocycles. The molecule has 0 saturated heterocycles. The first-order chi connectivity index (χ1) is 9.95. The van der Waals surface area contributed by atoms with Gasteiger partial charge in [-0.3, -0.25) is 4.79 Å². The highest BCUT2D eigenvalue weighted by Gasteiger charge is 2.29. The van der Waals surface area contributed by atoms with E-state index in [0.29, 0.717) is 40.2 Å². The molecule has 2 aromatic rings. The van der Waals surface area contributed by atoms with Gasteiger partial charge in [0.15, 0.2) is 0 Å². The molecule has 1 amide bonds. The largest absolute Gasteiger partial charge is 0.383 e. The summed E-state index contributed by atoms with van der Waals surface area (Å²) < 4.78 is 0. The maximum Gasteiger partial charge on any atom is 0.256 e. The Bertz CT molecular complexity index is 750. The van der Waals surface area contributed by atoms with Gasteiger partial charge in [-0.25, -0.2) is 4.98 Å². The fourth-order valence-corrected chi connectivity index (χ4v) is 2.77. The Morgan fingerprint density at radius 1 is 1.19 bits per heavy atom. The SMILES string of the molecule is Nc1nc(N)c2c(n1)CN(C(=O)c1ccc(Cl)cc1Cl)C2. The molecule has 4 N–H and O–H groups in total. The predicted octanol–water partition coefficient (Wildman–Crippen LogP) is 2.10. The summed E-state index contributed by atoms with van der Waals surface area (Å²) in [7, 11) is 0. The van der Waals surface area contributed by atoms with Crippen LogP contribution in [-0.4, -0.2) is 20.8 Å². The van der Waals surface area contributed by atoms with Gasteiger partial charge in [-0.2, -0.15) is 4.98 Å². The highest BCUT2D eigenvalue weighted by atomic mass is 35.5. The molecular formula is C13H11Cl2N5O.